The van der Waals surface area contributed by atoms with E-state index in [4.69, 9.17) is 9.15 Å². The third-order valence-corrected chi connectivity index (χ3v) is 4.27. The molecule has 5 heteroatoms. The van der Waals surface area contributed by atoms with E-state index in [-0.39, 0.29) is 34.8 Å². The molecule has 1 aliphatic rings. The van der Waals surface area contributed by atoms with E-state index < -0.39 is 17.5 Å². The highest BCUT2D eigenvalue weighted by Gasteiger charge is 2.40. The molecule has 0 unspecified atom stereocenters. The Balaban J connectivity index is 2.06. The standard InChI is InChI=1S/C21H14O5/c1-2-25-21(24)16-15-18(23)17(22)13-10-6-7-11-14(13)20(15)26-19(16)12-8-4-3-5-9-12/h3-11H,2H2,1H3. The first-order valence-electron chi connectivity index (χ1n) is 8.21. The molecule has 0 atom stereocenters. The van der Waals surface area contributed by atoms with Gasteiger partial charge in [-0.25, -0.2) is 4.79 Å². The van der Waals surface area contributed by atoms with Crippen molar-refractivity contribution in [1.82, 2.24) is 0 Å². The molecule has 0 aliphatic heterocycles. The van der Waals surface area contributed by atoms with Gasteiger partial charge in [0.15, 0.2) is 0 Å². The number of hydrogen-bond acceptors (Lipinski definition) is 5. The molecule has 5 nitrogen and oxygen atoms in total. The lowest BCUT2D eigenvalue weighted by atomic mass is 9.86. The van der Waals surface area contributed by atoms with Crippen LogP contribution in [0.1, 0.15) is 38.0 Å². The van der Waals surface area contributed by atoms with E-state index in [1.165, 1.54) is 0 Å². The maximum absolute atomic E-state index is 12.7. The van der Waals surface area contributed by atoms with Crippen molar-refractivity contribution in [2.45, 2.75) is 6.92 Å². The molecule has 26 heavy (non-hydrogen) atoms. The molecule has 0 saturated carbocycles. The molecule has 0 saturated heterocycles. The summed E-state index contributed by atoms with van der Waals surface area (Å²) in [6, 6.07) is 15.7. The fourth-order valence-electron chi connectivity index (χ4n) is 3.14. The first kappa shape index (κ1) is 16.0. The number of ketones is 2. The Hall–Kier alpha value is -3.47. The number of ether oxygens (including phenoxy) is 1. The Morgan fingerprint density at radius 1 is 0.885 bits per heavy atom. The van der Waals surface area contributed by atoms with Crippen LogP contribution in [0.3, 0.4) is 0 Å². The molecular formula is C21H14O5. The summed E-state index contributed by atoms with van der Waals surface area (Å²) in [6.45, 7) is 1.82. The largest absolute Gasteiger partial charge is 0.462 e. The highest BCUT2D eigenvalue weighted by atomic mass is 16.5. The SMILES string of the molecule is CCOC(=O)c1c(-c2ccccc2)oc2c1C(=O)C(=O)c1ccccc1-2. The normalized spacial score (nSPS) is 12.5. The molecule has 2 aromatic carbocycles. The smallest absolute Gasteiger partial charge is 0.342 e. The van der Waals surface area contributed by atoms with Gasteiger partial charge >= 0.3 is 5.97 Å². The molecule has 1 aromatic heterocycles. The topological polar surface area (TPSA) is 73.6 Å². The molecule has 0 N–H and O–H groups in total. The minimum absolute atomic E-state index is 0.000836. The number of furan rings is 1. The number of fused-ring (bicyclic) bond motifs is 3. The van der Waals surface area contributed by atoms with E-state index in [0.717, 1.165) is 0 Å². The summed E-state index contributed by atoms with van der Waals surface area (Å²) in [5, 5.41) is 0. The van der Waals surface area contributed by atoms with E-state index in [9.17, 15) is 14.4 Å². The Morgan fingerprint density at radius 2 is 1.54 bits per heavy atom. The second-order valence-electron chi connectivity index (χ2n) is 5.80. The summed E-state index contributed by atoms with van der Waals surface area (Å²) in [7, 11) is 0. The Morgan fingerprint density at radius 3 is 2.23 bits per heavy atom. The van der Waals surface area contributed by atoms with Crippen LogP contribution in [0.5, 0.6) is 0 Å². The lowest BCUT2D eigenvalue weighted by Crippen LogP contribution is -2.23. The van der Waals surface area contributed by atoms with Gasteiger partial charge in [0, 0.05) is 16.7 Å². The van der Waals surface area contributed by atoms with Gasteiger partial charge < -0.3 is 9.15 Å². The zero-order chi connectivity index (χ0) is 18.3. The van der Waals surface area contributed by atoms with E-state index in [0.29, 0.717) is 11.1 Å². The third-order valence-electron chi connectivity index (χ3n) is 4.27. The number of Topliss-reactive ketones (excluding diaryl/α,β-unsaturated/α-hetero) is 2. The third kappa shape index (κ3) is 2.29. The first-order valence-corrected chi connectivity index (χ1v) is 8.21. The van der Waals surface area contributed by atoms with Gasteiger partial charge in [0.05, 0.1) is 12.2 Å². The number of carbonyl (C=O) groups excluding carboxylic acids is 3. The highest BCUT2D eigenvalue weighted by Crippen LogP contribution is 2.42. The Kier molecular flexibility index (Phi) is 3.77. The van der Waals surface area contributed by atoms with Crippen LogP contribution in [0.25, 0.3) is 22.6 Å². The molecular weight excluding hydrogens is 332 g/mol. The number of esters is 1. The molecule has 0 radical (unpaired) electrons. The van der Waals surface area contributed by atoms with Crippen LogP contribution in [-0.2, 0) is 4.74 Å². The number of hydrogen-bond donors (Lipinski definition) is 0. The van der Waals surface area contributed by atoms with Crippen LogP contribution in [-0.4, -0.2) is 24.1 Å². The lowest BCUT2D eigenvalue weighted by molar-refractivity contribution is 0.0524. The van der Waals surface area contributed by atoms with Crippen LogP contribution >= 0.6 is 0 Å². The maximum atomic E-state index is 12.7. The fourth-order valence-corrected chi connectivity index (χ4v) is 3.14. The summed E-state index contributed by atoms with van der Waals surface area (Å²) in [5.74, 6) is -1.64. The maximum Gasteiger partial charge on any atom is 0.342 e. The monoisotopic (exact) mass is 346 g/mol. The number of carbonyl (C=O) groups is 3. The molecule has 0 spiro atoms. The summed E-state index contributed by atoms with van der Waals surface area (Å²) in [6.07, 6.45) is 0. The van der Waals surface area contributed by atoms with Crippen LogP contribution in [0.4, 0.5) is 0 Å². The van der Waals surface area contributed by atoms with Crippen molar-refractivity contribution in [2.75, 3.05) is 6.61 Å². The van der Waals surface area contributed by atoms with E-state index >= 15 is 0 Å². The van der Waals surface area contributed by atoms with Gasteiger partial charge in [0.1, 0.15) is 17.1 Å². The highest BCUT2D eigenvalue weighted by molar-refractivity contribution is 6.53. The van der Waals surface area contributed by atoms with Crippen molar-refractivity contribution in [2.24, 2.45) is 0 Å². The molecule has 0 fully saturated rings. The Labute approximate surface area is 149 Å². The average molecular weight is 346 g/mol. The second kappa shape index (κ2) is 6.11. The average Bonchev–Trinajstić information content (AvgIpc) is 3.08. The Bertz CT molecular complexity index is 1040. The minimum atomic E-state index is -0.757. The van der Waals surface area contributed by atoms with Crippen molar-refractivity contribution in [1.29, 1.82) is 0 Å². The fraction of sp³-hybridized carbons (Fsp3) is 0.0952. The van der Waals surface area contributed by atoms with E-state index in [1.807, 2.05) is 6.07 Å². The minimum Gasteiger partial charge on any atom is -0.462 e. The summed E-state index contributed by atoms with van der Waals surface area (Å²) < 4.78 is 11.1. The van der Waals surface area contributed by atoms with Gasteiger partial charge in [-0.3, -0.25) is 9.59 Å². The van der Waals surface area contributed by atoms with Crippen molar-refractivity contribution in [3.8, 4) is 22.6 Å². The summed E-state index contributed by atoms with van der Waals surface area (Å²) in [5.41, 5.74) is 1.38. The molecule has 4 rings (SSSR count). The van der Waals surface area contributed by atoms with Crippen molar-refractivity contribution in [3.05, 3.63) is 71.3 Å². The number of benzene rings is 2. The van der Waals surface area contributed by atoms with E-state index in [1.54, 1.807) is 55.5 Å². The molecule has 3 aromatic rings. The summed E-state index contributed by atoms with van der Waals surface area (Å²) >= 11 is 0. The molecule has 0 bridgehead atoms. The summed E-state index contributed by atoms with van der Waals surface area (Å²) in [4.78, 5) is 37.8. The zero-order valence-electron chi connectivity index (χ0n) is 13.9. The van der Waals surface area contributed by atoms with Crippen LogP contribution in [0.15, 0.2) is 59.0 Å². The molecule has 1 heterocycles. The van der Waals surface area contributed by atoms with Gasteiger partial charge in [-0.1, -0.05) is 54.6 Å². The van der Waals surface area contributed by atoms with E-state index in [2.05, 4.69) is 0 Å². The molecule has 1 aliphatic carbocycles. The van der Waals surface area contributed by atoms with Crippen molar-refractivity contribution < 1.29 is 23.5 Å². The van der Waals surface area contributed by atoms with Gasteiger partial charge in [-0.05, 0) is 6.92 Å². The van der Waals surface area contributed by atoms with Crippen LogP contribution in [0, 0.1) is 0 Å². The van der Waals surface area contributed by atoms with Crippen LogP contribution in [0.2, 0.25) is 0 Å². The predicted molar refractivity (Wildman–Crippen MR) is 94.2 cm³/mol. The van der Waals surface area contributed by atoms with Gasteiger partial charge in [0.25, 0.3) is 0 Å². The van der Waals surface area contributed by atoms with Gasteiger partial charge in [-0.15, -0.1) is 0 Å². The number of rotatable bonds is 3. The zero-order valence-corrected chi connectivity index (χ0v) is 13.9. The predicted octanol–water partition coefficient (Wildman–Crippen LogP) is 4.17. The quantitative estimate of drug-likeness (QED) is 0.526. The lowest BCUT2D eigenvalue weighted by Gasteiger charge is -2.13. The first-order chi connectivity index (χ1) is 12.6. The van der Waals surface area contributed by atoms with Crippen molar-refractivity contribution >= 4 is 17.5 Å². The second-order valence-corrected chi connectivity index (χ2v) is 5.80. The molecule has 0 amide bonds. The van der Waals surface area contributed by atoms with Crippen molar-refractivity contribution in [3.63, 3.8) is 0 Å². The van der Waals surface area contributed by atoms with Gasteiger partial charge in [0.2, 0.25) is 11.6 Å². The van der Waals surface area contributed by atoms with Gasteiger partial charge in [-0.2, -0.15) is 0 Å². The molecule has 128 valence electrons. The van der Waals surface area contributed by atoms with Crippen LogP contribution < -0.4 is 0 Å².